The highest BCUT2D eigenvalue weighted by Gasteiger charge is 2.11. The maximum absolute atomic E-state index is 12.1. The van der Waals surface area contributed by atoms with E-state index in [1.54, 1.807) is 6.07 Å². The number of carbonyl (C=O) groups is 1. The van der Waals surface area contributed by atoms with Gasteiger partial charge in [0.2, 0.25) is 5.13 Å². The molecule has 0 atom stereocenters. The van der Waals surface area contributed by atoms with E-state index in [4.69, 9.17) is 12.2 Å². The van der Waals surface area contributed by atoms with Crippen molar-refractivity contribution in [2.75, 3.05) is 5.32 Å². The lowest BCUT2D eigenvalue weighted by molar-refractivity contribution is 0.0977. The van der Waals surface area contributed by atoms with Crippen molar-refractivity contribution in [3.8, 4) is 0 Å². The fourth-order valence-electron chi connectivity index (χ4n) is 1.57. The zero-order chi connectivity index (χ0) is 14.5. The normalized spacial score (nSPS) is 10.1. The molecule has 2 aromatic rings. The Morgan fingerprint density at radius 1 is 1.35 bits per heavy atom. The number of thiocarbonyl (C=S) groups is 1. The van der Waals surface area contributed by atoms with Gasteiger partial charge in [0.25, 0.3) is 5.91 Å². The molecule has 0 aliphatic rings. The van der Waals surface area contributed by atoms with Gasteiger partial charge in [-0.25, -0.2) is 0 Å². The van der Waals surface area contributed by atoms with Gasteiger partial charge in [-0.3, -0.25) is 10.1 Å². The van der Waals surface area contributed by atoms with Gasteiger partial charge in [0, 0.05) is 5.56 Å². The first-order chi connectivity index (χ1) is 9.60. The van der Waals surface area contributed by atoms with Gasteiger partial charge in [0.15, 0.2) is 5.11 Å². The van der Waals surface area contributed by atoms with Crippen LogP contribution in [0.4, 0.5) is 5.13 Å². The molecular formula is C13H14N4OS2. The highest BCUT2D eigenvalue weighted by molar-refractivity contribution is 7.80. The fraction of sp³-hybridized carbons (Fsp3) is 0.231. The number of anilines is 1. The molecule has 0 radical (unpaired) electrons. The summed E-state index contributed by atoms with van der Waals surface area (Å²) in [6, 6.07) is 7.34. The number of amides is 1. The van der Waals surface area contributed by atoms with Gasteiger partial charge in [-0.1, -0.05) is 36.5 Å². The standard InChI is InChI=1S/C13H14N4OS2/c1-3-10-16-17-13(20-10)15-12(19)14-11(18)9-7-5-4-6-8(9)2/h4-7H,3H2,1-2H3,(H2,14,15,17,18,19). The Hall–Kier alpha value is -1.86. The van der Waals surface area contributed by atoms with Gasteiger partial charge in [0.05, 0.1) is 0 Å². The Morgan fingerprint density at radius 3 is 2.75 bits per heavy atom. The second-order valence-corrected chi connectivity index (χ2v) is 5.55. The Labute approximate surface area is 126 Å². The summed E-state index contributed by atoms with van der Waals surface area (Å²) in [5.41, 5.74) is 1.50. The third-order valence-electron chi connectivity index (χ3n) is 2.61. The Balaban J connectivity index is 1.98. The average Bonchev–Trinajstić information content (AvgIpc) is 2.86. The second-order valence-electron chi connectivity index (χ2n) is 4.08. The minimum absolute atomic E-state index is 0.219. The molecule has 0 aliphatic heterocycles. The molecule has 1 aromatic carbocycles. The maximum Gasteiger partial charge on any atom is 0.257 e. The molecule has 0 unspecified atom stereocenters. The zero-order valence-corrected chi connectivity index (χ0v) is 12.8. The smallest absolute Gasteiger partial charge is 0.257 e. The number of aryl methyl sites for hydroxylation is 2. The average molecular weight is 306 g/mol. The van der Waals surface area contributed by atoms with Crippen LogP contribution in [0, 0.1) is 6.92 Å². The number of aromatic nitrogens is 2. The minimum atomic E-state index is -0.235. The van der Waals surface area contributed by atoms with Crippen molar-refractivity contribution in [3.63, 3.8) is 0 Å². The molecule has 20 heavy (non-hydrogen) atoms. The maximum atomic E-state index is 12.1. The van der Waals surface area contributed by atoms with Gasteiger partial charge >= 0.3 is 0 Å². The summed E-state index contributed by atoms with van der Waals surface area (Å²) in [6.45, 7) is 3.88. The van der Waals surface area contributed by atoms with Crippen molar-refractivity contribution in [2.45, 2.75) is 20.3 Å². The van der Waals surface area contributed by atoms with Crippen LogP contribution in [0.5, 0.6) is 0 Å². The molecule has 7 heteroatoms. The van der Waals surface area contributed by atoms with Gasteiger partial charge in [0.1, 0.15) is 5.01 Å². The molecule has 2 rings (SSSR count). The predicted molar refractivity (Wildman–Crippen MR) is 84.2 cm³/mol. The van der Waals surface area contributed by atoms with E-state index in [-0.39, 0.29) is 11.0 Å². The first-order valence-corrected chi connectivity index (χ1v) is 7.33. The van der Waals surface area contributed by atoms with Crippen molar-refractivity contribution in [2.24, 2.45) is 0 Å². The number of carbonyl (C=O) groups excluding carboxylic acids is 1. The first-order valence-electron chi connectivity index (χ1n) is 6.10. The van der Waals surface area contributed by atoms with Crippen molar-refractivity contribution in [3.05, 3.63) is 40.4 Å². The second kappa shape index (κ2) is 6.53. The van der Waals surface area contributed by atoms with E-state index in [2.05, 4.69) is 20.8 Å². The molecule has 2 N–H and O–H groups in total. The van der Waals surface area contributed by atoms with Crippen LogP contribution < -0.4 is 10.6 Å². The topological polar surface area (TPSA) is 66.9 Å². The Bertz CT molecular complexity index is 639. The van der Waals surface area contributed by atoms with Crippen LogP contribution in [-0.4, -0.2) is 21.2 Å². The van der Waals surface area contributed by atoms with Crippen LogP contribution in [0.15, 0.2) is 24.3 Å². The van der Waals surface area contributed by atoms with E-state index in [1.807, 2.05) is 32.0 Å². The van der Waals surface area contributed by atoms with Crippen molar-refractivity contribution in [1.82, 2.24) is 15.5 Å². The number of hydrogen-bond donors (Lipinski definition) is 2. The van der Waals surface area contributed by atoms with Crippen LogP contribution in [0.1, 0.15) is 27.9 Å². The molecule has 104 valence electrons. The zero-order valence-electron chi connectivity index (χ0n) is 11.1. The molecule has 0 saturated carbocycles. The van der Waals surface area contributed by atoms with Crippen LogP contribution in [0.2, 0.25) is 0 Å². The van der Waals surface area contributed by atoms with Crippen LogP contribution in [0.3, 0.4) is 0 Å². The molecule has 0 saturated heterocycles. The summed E-state index contributed by atoms with van der Waals surface area (Å²) in [6.07, 6.45) is 0.821. The molecule has 0 fully saturated rings. The van der Waals surface area contributed by atoms with E-state index >= 15 is 0 Å². The largest absolute Gasteiger partial charge is 0.307 e. The van der Waals surface area contributed by atoms with E-state index in [9.17, 15) is 4.79 Å². The van der Waals surface area contributed by atoms with Crippen molar-refractivity contribution in [1.29, 1.82) is 0 Å². The quantitative estimate of drug-likeness (QED) is 0.853. The highest BCUT2D eigenvalue weighted by atomic mass is 32.1. The van der Waals surface area contributed by atoms with Gasteiger partial charge < -0.3 is 5.32 Å². The molecule has 0 spiro atoms. The number of nitrogens with zero attached hydrogens (tertiary/aromatic N) is 2. The molecule has 0 bridgehead atoms. The molecule has 1 amide bonds. The predicted octanol–water partition coefficient (Wildman–Crippen LogP) is 2.54. The minimum Gasteiger partial charge on any atom is -0.307 e. The lowest BCUT2D eigenvalue weighted by Gasteiger charge is -2.08. The lowest BCUT2D eigenvalue weighted by atomic mass is 10.1. The third-order valence-corrected chi connectivity index (χ3v) is 3.79. The van der Waals surface area contributed by atoms with Crippen LogP contribution >= 0.6 is 23.6 Å². The molecule has 1 aromatic heterocycles. The lowest BCUT2D eigenvalue weighted by Crippen LogP contribution is -2.34. The summed E-state index contributed by atoms with van der Waals surface area (Å²) in [5.74, 6) is -0.235. The van der Waals surface area contributed by atoms with E-state index in [0.717, 1.165) is 17.0 Å². The van der Waals surface area contributed by atoms with E-state index in [0.29, 0.717) is 10.7 Å². The number of hydrogen-bond acceptors (Lipinski definition) is 5. The van der Waals surface area contributed by atoms with Crippen LogP contribution in [-0.2, 0) is 6.42 Å². The first kappa shape index (κ1) is 14.5. The summed E-state index contributed by atoms with van der Waals surface area (Å²) in [4.78, 5) is 12.1. The molecule has 0 aliphatic carbocycles. The highest BCUT2D eigenvalue weighted by Crippen LogP contribution is 2.15. The summed E-state index contributed by atoms with van der Waals surface area (Å²) < 4.78 is 0. The number of rotatable bonds is 3. The fourth-order valence-corrected chi connectivity index (χ4v) is 2.51. The summed E-state index contributed by atoms with van der Waals surface area (Å²) in [7, 11) is 0. The molecule has 1 heterocycles. The molecular weight excluding hydrogens is 292 g/mol. The monoisotopic (exact) mass is 306 g/mol. The summed E-state index contributed by atoms with van der Waals surface area (Å²) >= 11 is 6.51. The van der Waals surface area contributed by atoms with Gasteiger partial charge in [-0.15, -0.1) is 10.2 Å². The van der Waals surface area contributed by atoms with Gasteiger partial charge in [-0.2, -0.15) is 0 Å². The number of benzene rings is 1. The van der Waals surface area contributed by atoms with E-state index in [1.165, 1.54) is 11.3 Å². The van der Waals surface area contributed by atoms with Crippen molar-refractivity contribution >= 4 is 39.7 Å². The third kappa shape index (κ3) is 3.58. The summed E-state index contributed by atoms with van der Waals surface area (Å²) in [5, 5.41) is 15.1. The number of nitrogens with one attached hydrogen (secondary N) is 2. The van der Waals surface area contributed by atoms with Gasteiger partial charge in [-0.05, 0) is 37.2 Å². The SMILES string of the molecule is CCc1nnc(NC(=S)NC(=O)c2ccccc2C)s1. The van der Waals surface area contributed by atoms with E-state index < -0.39 is 0 Å². The Morgan fingerprint density at radius 2 is 2.10 bits per heavy atom. The molecule has 5 nitrogen and oxygen atoms in total. The van der Waals surface area contributed by atoms with Crippen molar-refractivity contribution < 1.29 is 4.79 Å². The Kier molecular flexibility index (Phi) is 4.75. The van der Waals surface area contributed by atoms with Crippen LogP contribution in [0.25, 0.3) is 0 Å².